The topological polar surface area (TPSA) is 46.3 Å². The first-order valence-corrected chi connectivity index (χ1v) is 6.93. The van der Waals surface area contributed by atoms with Gasteiger partial charge < -0.3 is 4.90 Å². The summed E-state index contributed by atoms with van der Waals surface area (Å²) in [6, 6.07) is 5.64. The quantitative estimate of drug-likeness (QED) is 0.683. The van der Waals surface area contributed by atoms with Gasteiger partial charge in [-0.25, -0.2) is 19.3 Å². The molecule has 1 fully saturated rings. The molecule has 3 aromatic rings. The molecule has 0 unspecified atom stereocenters. The van der Waals surface area contributed by atoms with Crippen molar-refractivity contribution in [2.75, 3.05) is 18.0 Å². The molecule has 0 saturated carbocycles. The molecule has 0 N–H and O–H groups in total. The number of pyridine rings is 1. The zero-order valence-corrected chi connectivity index (χ0v) is 11.7. The van der Waals surface area contributed by atoms with Gasteiger partial charge >= 0.3 is 0 Å². The molecule has 0 radical (unpaired) electrons. The van der Waals surface area contributed by atoms with Crippen LogP contribution in [0.2, 0.25) is 5.28 Å². The average Bonchev–Trinajstić information content (AvgIpc) is 2.87. The third-order valence-corrected chi connectivity index (χ3v) is 3.76. The largest absolute Gasteiger partial charge is 0.364 e. The van der Waals surface area contributed by atoms with Crippen LogP contribution in [0, 0.1) is 0 Å². The fraction of sp³-hybridized carbons (Fsp3) is 0.214. The highest BCUT2D eigenvalue weighted by Crippen LogP contribution is 2.26. The number of nitrogens with zero attached hydrogens (tertiary/aromatic N) is 5. The van der Waals surface area contributed by atoms with Crippen molar-refractivity contribution in [1.82, 2.24) is 19.4 Å². The molecule has 0 aromatic carbocycles. The van der Waals surface area contributed by atoms with E-state index >= 15 is 0 Å². The summed E-state index contributed by atoms with van der Waals surface area (Å²) in [5.41, 5.74) is 3.30. The van der Waals surface area contributed by atoms with E-state index in [4.69, 9.17) is 11.6 Å². The minimum atomic E-state index is -0.733. The Labute approximate surface area is 125 Å². The van der Waals surface area contributed by atoms with E-state index in [0.29, 0.717) is 18.8 Å². The van der Waals surface area contributed by atoms with Crippen LogP contribution in [-0.4, -0.2) is 38.6 Å². The lowest BCUT2D eigenvalue weighted by atomic mass is 10.1. The van der Waals surface area contributed by atoms with Gasteiger partial charge in [-0.05, 0) is 29.8 Å². The summed E-state index contributed by atoms with van der Waals surface area (Å²) in [4.78, 5) is 14.4. The van der Waals surface area contributed by atoms with E-state index in [1.165, 1.54) is 0 Å². The van der Waals surface area contributed by atoms with Crippen molar-refractivity contribution in [3.63, 3.8) is 0 Å². The van der Waals surface area contributed by atoms with E-state index in [2.05, 4.69) is 15.0 Å². The summed E-state index contributed by atoms with van der Waals surface area (Å²) in [5, 5.41) is 0.196. The van der Waals surface area contributed by atoms with Gasteiger partial charge in [-0.1, -0.05) is 0 Å². The fourth-order valence-corrected chi connectivity index (χ4v) is 2.61. The van der Waals surface area contributed by atoms with Gasteiger partial charge in [-0.3, -0.25) is 4.40 Å². The molecule has 106 valence electrons. The van der Waals surface area contributed by atoms with Gasteiger partial charge in [0.2, 0.25) is 5.28 Å². The molecule has 3 aromatic heterocycles. The number of imidazole rings is 1. The summed E-state index contributed by atoms with van der Waals surface area (Å²) in [5.74, 6) is 0. The number of hydrogen-bond donors (Lipinski definition) is 0. The SMILES string of the molecule is FC1CN(c2ccc3ncc(-c4ccnc(Cl)n4)n3c2)C1. The minimum absolute atomic E-state index is 0.196. The first-order chi connectivity index (χ1) is 10.2. The molecular formula is C14H11ClFN5. The number of aromatic nitrogens is 4. The lowest BCUT2D eigenvalue weighted by Crippen LogP contribution is -2.48. The number of alkyl halides is 1. The maximum Gasteiger partial charge on any atom is 0.222 e. The number of fused-ring (bicyclic) bond motifs is 1. The van der Waals surface area contributed by atoms with Crippen molar-refractivity contribution < 1.29 is 4.39 Å². The second kappa shape index (κ2) is 4.66. The average molecular weight is 304 g/mol. The Balaban J connectivity index is 1.81. The smallest absolute Gasteiger partial charge is 0.222 e. The van der Waals surface area contributed by atoms with Crippen LogP contribution in [0.25, 0.3) is 17.0 Å². The van der Waals surface area contributed by atoms with Gasteiger partial charge in [-0.2, -0.15) is 0 Å². The Morgan fingerprint density at radius 1 is 1.19 bits per heavy atom. The van der Waals surface area contributed by atoms with Crippen molar-refractivity contribution in [2.45, 2.75) is 6.17 Å². The van der Waals surface area contributed by atoms with Gasteiger partial charge in [0.05, 0.1) is 36.4 Å². The predicted molar refractivity (Wildman–Crippen MR) is 78.3 cm³/mol. The first-order valence-electron chi connectivity index (χ1n) is 6.56. The minimum Gasteiger partial charge on any atom is -0.364 e. The van der Waals surface area contributed by atoms with Crippen LogP contribution in [0.4, 0.5) is 10.1 Å². The summed E-state index contributed by atoms with van der Waals surface area (Å²) >= 11 is 5.84. The van der Waals surface area contributed by atoms with E-state index < -0.39 is 6.17 Å². The predicted octanol–water partition coefficient (Wildman–Crippen LogP) is 2.60. The van der Waals surface area contributed by atoms with Crippen molar-refractivity contribution in [2.24, 2.45) is 0 Å². The number of hydrogen-bond acceptors (Lipinski definition) is 4. The molecule has 0 aliphatic carbocycles. The van der Waals surface area contributed by atoms with Crippen LogP contribution in [0.5, 0.6) is 0 Å². The Morgan fingerprint density at radius 2 is 2.05 bits per heavy atom. The zero-order valence-electron chi connectivity index (χ0n) is 10.9. The lowest BCUT2D eigenvalue weighted by molar-refractivity contribution is 0.274. The van der Waals surface area contributed by atoms with Gasteiger partial charge in [0.25, 0.3) is 0 Å². The molecule has 0 spiro atoms. The van der Waals surface area contributed by atoms with Crippen molar-refractivity contribution in [3.8, 4) is 11.4 Å². The lowest BCUT2D eigenvalue weighted by Gasteiger charge is -2.36. The highest BCUT2D eigenvalue weighted by Gasteiger charge is 2.26. The summed E-state index contributed by atoms with van der Waals surface area (Å²) in [7, 11) is 0. The molecule has 0 atom stereocenters. The van der Waals surface area contributed by atoms with Crippen LogP contribution in [0.3, 0.4) is 0 Å². The third kappa shape index (κ3) is 2.12. The summed E-state index contributed by atoms with van der Waals surface area (Å²) < 4.78 is 14.9. The van der Waals surface area contributed by atoms with Gasteiger partial charge in [0.15, 0.2) is 0 Å². The Kier molecular flexibility index (Phi) is 2.78. The normalized spacial score (nSPS) is 15.4. The van der Waals surface area contributed by atoms with E-state index in [9.17, 15) is 4.39 Å². The Bertz CT molecular complexity index is 812. The first kappa shape index (κ1) is 12.5. The maximum absolute atomic E-state index is 13.0. The summed E-state index contributed by atoms with van der Waals surface area (Å²) in [6.45, 7) is 0.879. The van der Waals surface area contributed by atoms with Gasteiger partial charge in [0, 0.05) is 12.4 Å². The molecule has 1 saturated heterocycles. The second-order valence-corrected chi connectivity index (χ2v) is 5.31. The molecule has 5 nitrogen and oxygen atoms in total. The molecule has 4 rings (SSSR count). The fourth-order valence-electron chi connectivity index (χ4n) is 2.46. The number of rotatable bonds is 2. The van der Waals surface area contributed by atoms with Crippen molar-refractivity contribution >= 4 is 22.9 Å². The number of halogens is 2. The molecule has 7 heteroatoms. The number of anilines is 1. The zero-order chi connectivity index (χ0) is 14.4. The van der Waals surface area contributed by atoms with Gasteiger partial charge in [0.1, 0.15) is 11.8 Å². The van der Waals surface area contributed by atoms with E-state index in [-0.39, 0.29) is 5.28 Å². The van der Waals surface area contributed by atoms with Crippen LogP contribution < -0.4 is 4.90 Å². The Hall–Kier alpha value is -2.21. The van der Waals surface area contributed by atoms with E-state index in [1.54, 1.807) is 18.5 Å². The molecule has 0 bridgehead atoms. The van der Waals surface area contributed by atoms with Crippen molar-refractivity contribution in [3.05, 3.63) is 42.1 Å². The van der Waals surface area contributed by atoms with E-state index in [0.717, 1.165) is 17.0 Å². The van der Waals surface area contributed by atoms with Crippen LogP contribution in [0.15, 0.2) is 36.8 Å². The third-order valence-electron chi connectivity index (χ3n) is 3.58. The highest BCUT2D eigenvalue weighted by molar-refractivity contribution is 6.28. The Morgan fingerprint density at radius 3 is 2.81 bits per heavy atom. The molecule has 4 heterocycles. The second-order valence-electron chi connectivity index (χ2n) is 4.97. The molecule has 1 aliphatic heterocycles. The maximum atomic E-state index is 13.0. The van der Waals surface area contributed by atoms with Crippen LogP contribution in [-0.2, 0) is 0 Å². The summed E-state index contributed by atoms with van der Waals surface area (Å²) in [6.07, 6.45) is 4.56. The standard InChI is InChI=1S/C14H11ClFN5/c15-14-17-4-3-11(19-14)12-5-18-13-2-1-10(8-21(12)13)20-6-9(16)7-20/h1-5,8-9H,6-7H2. The molecular weight excluding hydrogens is 293 g/mol. The van der Waals surface area contributed by atoms with Gasteiger partial charge in [-0.15, -0.1) is 0 Å². The van der Waals surface area contributed by atoms with E-state index in [1.807, 2.05) is 27.6 Å². The van der Waals surface area contributed by atoms with Crippen LogP contribution >= 0.6 is 11.6 Å². The monoisotopic (exact) mass is 303 g/mol. The molecule has 21 heavy (non-hydrogen) atoms. The molecule has 0 amide bonds. The van der Waals surface area contributed by atoms with Crippen LogP contribution in [0.1, 0.15) is 0 Å². The highest BCUT2D eigenvalue weighted by atomic mass is 35.5. The molecule has 1 aliphatic rings. The van der Waals surface area contributed by atoms with Crippen molar-refractivity contribution in [1.29, 1.82) is 0 Å².